The summed E-state index contributed by atoms with van der Waals surface area (Å²) in [6, 6.07) is 7.53. The van der Waals surface area contributed by atoms with Gasteiger partial charge >= 0.3 is 0 Å². The number of benzene rings is 1. The summed E-state index contributed by atoms with van der Waals surface area (Å²) in [7, 11) is 1.65. The van der Waals surface area contributed by atoms with Crippen molar-refractivity contribution in [3.05, 3.63) is 36.2 Å². The molecule has 0 atom stereocenters. The van der Waals surface area contributed by atoms with Crippen molar-refractivity contribution in [3.63, 3.8) is 0 Å². The topological polar surface area (TPSA) is 52.4 Å². The number of likely N-dealkylation sites (tertiary alicyclic amines) is 1. The average Bonchev–Trinajstić information content (AvgIpc) is 3.23. The third-order valence-corrected chi connectivity index (χ3v) is 3.88. The SMILES string of the molecule is COc1ccc(OCc2cn(CCN3CCCC3)nn2)cc1. The number of aromatic nitrogens is 3. The van der Waals surface area contributed by atoms with Crippen molar-refractivity contribution >= 4 is 0 Å². The van der Waals surface area contributed by atoms with E-state index in [0.717, 1.165) is 30.3 Å². The van der Waals surface area contributed by atoms with Gasteiger partial charge in [0.05, 0.1) is 19.9 Å². The van der Waals surface area contributed by atoms with Gasteiger partial charge in [0, 0.05) is 6.54 Å². The van der Waals surface area contributed by atoms with Crippen molar-refractivity contribution in [2.45, 2.75) is 26.0 Å². The van der Waals surface area contributed by atoms with Crippen LogP contribution in [0.4, 0.5) is 0 Å². The zero-order valence-corrected chi connectivity index (χ0v) is 12.9. The van der Waals surface area contributed by atoms with Crippen LogP contribution in [-0.2, 0) is 13.2 Å². The van der Waals surface area contributed by atoms with Gasteiger partial charge < -0.3 is 14.4 Å². The molecule has 0 bridgehead atoms. The van der Waals surface area contributed by atoms with Gasteiger partial charge in [-0.25, -0.2) is 0 Å². The van der Waals surface area contributed by atoms with E-state index in [2.05, 4.69) is 15.2 Å². The van der Waals surface area contributed by atoms with Crippen molar-refractivity contribution < 1.29 is 9.47 Å². The molecule has 0 unspecified atom stereocenters. The van der Waals surface area contributed by atoms with Crippen molar-refractivity contribution in [2.24, 2.45) is 0 Å². The molecule has 1 aliphatic rings. The molecule has 1 aromatic carbocycles. The van der Waals surface area contributed by atoms with E-state index in [1.54, 1.807) is 7.11 Å². The number of hydrogen-bond donors (Lipinski definition) is 0. The van der Waals surface area contributed by atoms with Crippen LogP contribution in [0.3, 0.4) is 0 Å². The lowest BCUT2D eigenvalue weighted by Gasteiger charge is -2.13. The summed E-state index contributed by atoms with van der Waals surface area (Å²) >= 11 is 0. The highest BCUT2D eigenvalue weighted by molar-refractivity contribution is 5.31. The Kier molecular flexibility index (Phi) is 4.90. The first kappa shape index (κ1) is 14.8. The summed E-state index contributed by atoms with van der Waals surface area (Å²) in [4.78, 5) is 2.47. The average molecular weight is 302 g/mol. The van der Waals surface area contributed by atoms with Crippen LogP contribution in [0.2, 0.25) is 0 Å². The van der Waals surface area contributed by atoms with Gasteiger partial charge in [0.15, 0.2) is 0 Å². The summed E-state index contributed by atoms with van der Waals surface area (Å²) in [6.45, 7) is 4.78. The smallest absolute Gasteiger partial charge is 0.134 e. The molecule has 0 spiro atoms. The summed E-state index contributed by atoms with van der Waals surface area (Å²) in [5.41, 5.74) is 0.845. The maximum Gasteiger partial charge on any atom is 0.134 e. The van der Waals surface area contributed by atoms with E-state index >= 15 is 0 Å². The number of hydrogen-bond acceptors (Lipinski definition) is 5. The first-order chi connectivity index (χ1) is 10.8. The van der Waals surface area contributed by atoms with Crippen molar-refractivity contribution in [2.75, 3.05) is 26.7 Å². The Labute approximate surface area is 130 Å². The van der Waals surface area contributed by atoms with Crippen LogP contribution < -0.4 is 9.47 Å². The molecule has 0 N–H and O–H groups in total. The van der Waals surface area contributed by atoms with E-state index < -0.39 is 0 Å². The third kappa shape index (κ3) is 3.98. The highest BCUT2D eigenvalue weighted by Crippen LogP contribution is 2.17. The number of ether oxygens (including phenoxy) is 2. The van der Waals surface area contributed by atoms with Crippen LogP contribution in [0, 0.1) is 0 Å². The highest BCUT2D eigenvalue weighted by Gasteiger charge is 2.11. The fraction of sp³-hybridized carbons (Fsp3) is 0.500. The van der Waals surface area contributed by atoms with Gasteiger partial charge in [-0.3, -0.25) is 4.68 Å². The van der Waals surface area contributed by atoms with Crippen LogP contribution in [0.1, 0.15) is 18.5 Å². The van der Waals surface area contributed by atoms with Crippen molar-refractivity contribution in [3.8, 4) is 11.5 Å². The molecule has 6 heteroatoms. The van der Waals surface area contributed by atoms with E-state index in [1.165, 1.54) is 25.9 Å². The van der Waals surface area contributed by atoms with E-state index in [-0.39, 0.29) is 0 Å². The Balaban J connectivity index is 1.46. The molecule has 2 aromatic rings. The Morgan fingerprint density at radius 2 is 1.77 bits per heavy atom. The normalized spacial score (nSPS) is 15.1. The maximum absolute atomic E-state index is 5.70. The van der Waals surface area contributed by atoms with Crippen LogP contribution in [-0.4, -0.2) is 46.6 Å². The van der Waals surface area contributed by atoms with Gasteiger partial charge in [0.2, 0.25) is 0 Å². The van der Waals surface area contributed by atoms with Gasteiger partial charge in [-0.05, 0) is 50.2 Å². The zero-order chi connectivity index (χ0) is 15.2. The van der Waals surface area contributed by atoms with Crippen LogP contribution >= 0.6 is 0 Å². The maximum atomic E-state index is 5.70. The molecule has 1 fully saturated rings. The molecule has 1 aliphatic heterocycles. The first-order valence-electron chi connectivity index (χ1n) is 7.72. The second kappa shape index (κ2) is 7.26. The minimum Gasteiger partial charge on any atom is -0.497 e. The molecule has 1 aromatic heterocycles. The molecule has 0 radical (unpaired) electrons. The molecule has 1 saturated heterocycles. The van der Waals surface area contributed by atoms with E-state index in [4.69, 9.17) is 9.47 Å². The number of rotatable bonds is 7. The van der Waals surface area contributed by atoms with Gasteiger partial charge in [-0.1, -0.05) is 5.21 Å². The first-order valence-corrected chi connectivity index (χ1v) is 7.72. The molecule has 3 rings (SSSR count). The molecule has 0 saturated carbocycles. The number of nitrogens with zero attached hydrogens (tertiary/aromatic N) is 4. The van der Waals surface area contributed by atoms with Crippen LogP contribution in [0.15, 0.2) is 30.5 Å². The van der Waals surface area contributed by atoms with Crippen molar-refractivity contribution in [1.82, 2.24) is 19.9 Å². The van der Waals surface area contributed by atoms with Gasteiger partial charge in [0.25, 0.3) is 0 Å². The number of methoxy groups -OCH3 is 1. The largest absolute Gasteiger partial charge is 0.497 e. The summed E-state index contributed by atoms with van der Waals surface area (Å²) in [5.74, 6) is 1.62. The molecule has 22 heavy (non-hydrogen) atoms. The fourth-order valence-corrected chi connectivity index (χ4v) is 2.59. The van der Waals surface area contributed by atoms with E-state index in [0.29, 0.717) is 6.61 Å². The molecule has 6 nitrogen and oxygen atoms in total. The Morgan fingerprint density at radius 3 is 2.50 bits per heavy atom. The second-order valence-electron chi connectivity index (χ2n) is 5.49. The fourth-order valence-electron chi connectivity index (χ4n) is 2.59. The Morgan fingerprint density at radius 1 is 1.05 bits per heavy atom. The second-order valence-corrected chi connectivity index (χ2v) is 5.49. The standard InChI is InChI=1S/C16H22N4O2/c1-21-15-4-6-16(7-5-15)22-13-14-12-20(18-17-14)11-10-19-8-2-3-9-19/h4-7,12H,2-3,8-11,13H2,1H3. The summed E-state index contributed by atoms with van der Waals surface area (Å²) < 4.78 is 12.7. The molecule has 2 heterocycles. The summed E-state index contributed by atoms with van der Waals surface area (Å²) in [5, 5.41) is 8.31. The zero-order valence-electron chi connectivity index (χ0n) is 12.9. The lowest BCUT2D eigenvalue weighted by atomic mass is 10.3. The predicted molar refractivity (Wildman–Crippen MR) is 83.0 cm³/mol. The lowest BCUT2D eigenvalue weighted by molar-refractivity contribution is 0.300. The van der Waals surface area contributed by atoms with Gasteiger partial charge in [-0.15, -0.1) is 5.10 Å². The van der Waals surface area contributed by atoms with E-state index in [1.807, 2.05) is 35.1 Å². The van der Waals surface area contributed by atoms with Crippen LogP contribution in [0.25, 0.3) is 0 Å². The monoisotopic (exact) mass is 302 g/mol. The molecule has 118 valence electrons. The molecule has 0 amide bonds. The lowest BCUT2D eigenvalue weighted by Crippen LogP contribution is -2.24. The molecule has 0 aliphatic carbocycles. The van der Waals surface area contributed by atoms with Gasteiger partial charge in [-0.2, -0.15) is 0 Å². The van der Waals surface area contributed by atoms with E-state index in [9.17, 15) is 0 Å². The Bertz CT molecular complexity index is 576. The predicted octanol–water partition coefficient (Wildman–Crippen LogP) is 1.96. The molecular weight excluding hydrogens is 280 g/mol. The highest BCUT2D eigenvalue weighted by atomic mass is 16.5. The minimum atomic E-state index is 0.427. The third-order valence-electron chi connectivity index (χ3n) is 3.88. The molecular formula is C16H22N4O2. The Hall–Kier alpha value is -2.08. The van der Waals surface area contributed by atoms with Gasteiger partial charge in [0.1, 0.15) is 23.8 Å². The quantitative estimate of drug-likeness (QED) is 0.782. The minimum absolute atomic E-state index is 0.427. The summed E-state index contributed by atoms with van der Waals surface area (Å²) in [6.07, 6.45) is 4.59. The van der Waals surface area contributed by atoms with Crippen LogP contribution in [0.5, 0.6) is 11.5 Å². The van der Waals surface area contributed by atoms with Crippen molar-refractivity contribution in [1.29, 1.82) is 0 Å².